The second-order valence-corrected chi connectivity index (χ2v) is 18.9. The molecule has 63 heavy (non-hydrogen) atoms. The van der Waals surface area contributed by atoms with Gasteiger partial charge in [-0.3, -0.25) is 14.4 Å². The van der Waals surface area contributed by atoms with E-state index in [2.05, 4.69) is 30.6 Å². The molecule has 4 aliphatic heterocycles. The standard InChI is InChI=1S/C44H59N13O5S/c1-5-44(3,4)36(58)38(60)55-20-10-9-13-32(55)39(61)62-33(17-14-28-11-7-6-8-12-28)37(59)57-30-15-16-31(57)24-29(23-30)50-42-51-41(46-19-18-34-27(2)49-40(45)63-34)52-43(53-42)54-21-22-56-35(25-54)47-26-48-56/h6-8,11-12,26,29-33H,5,9-10,13-25H2,1-4H3,(H2,45,49)(H2,46,50,51,52,53)/t29?,30-,31+,32-,33+/m0/s1. The molecule has 2 bridgehead atoms. The number of hydrogen-bond donors (Lipinski definition) is 3. The second-order valence-electron chi connectivity index (χ2n) is 17.8. The minimum absolute atomic E-state index is 0.0287. The maximum Gasteiger partial charge on any atom is 0.329 e. The lowest BCUT2D eigenvalue weighted by Gasteiger charge is -2.41. The lowest BCUT2D eigenvalue weighted by molar-refractivity contribution is -0.171. The number of nitrogen functional groups attached to an aromatic ring is 1. The molecule has 5 atom stereocenters. The highest BCUT2D eigenvalue weighted by atomic mass is 32.1. The largest absolute Gasteiger partial charge is 0.451 e. The van der Waals surface area contributed by atoms with Crippen molar-refractivity contribution in [2.75, 3.05) is 40.9 Å². The van der Waals surface area contributed by atoms with Crippen LogP contribution in [0, 0.1) is 12.3 Å². The summed E-state index contributed by atoms with van der Waals surface area (Å²) >= 11 is 1.48. The number of carbonyl (C=O) groups is 4. The minimum atomic E-state index is -1.05. The highest BCUT2D eigenvalue weighted by Crippen LogP contribution is 2.38. The Kier molecular flexibility index (Phi) is 13.2. The van der Waals surface area contributed by atoms with Crippen LogP contribution in [0.25, 0.3) is 0 Å². The minimum Gasteiger partial charge on any atom is -0.451 e. The van der Waals surface area contributed by atoms with Crippen molar-refractivity contribution < 1.29 is 23.9 Å². The number of nitrogens with one attached hydrogen (secondary N) is 2. The van der Waals surface area contributed by atoms with Gasteiger partial charge in [0.05, 0.1) is 18.8 Å². The van der Waals surface area contributed by atoms with Gasteiger partial charge >= 0.3 is 5.97 Å². The SMILES string of the molecule is CCC(C)(C)C(=O)C(=O)N1CCCC[C@H]1C(=O)O[C@H](CCc1ccccc1)C(=O)N1[C@@H]2CC[C@H]1CC(Nc1nc(NCCc3sc(N)nc3C)nc(N3CCn4ncnc4C3)n1)C2. The molecule has 1 aromatic carbocycles. The van der Waals surface area contributed by atoms with Crippen molar-refractivity contribution in [3.63, 3.8) is 0 Å². The lowest BCUT2D eigenvalue weighted by atomic mass is 9.84. The van der Waals surface area contributed by atoms with Crippen LogP contribution in [0.4, 0.5) is 23.0 Å². The highest BCUT2D eigenvalue weighted by Gasteiger charge is 2.47. The molecule has 8 rings (SSSR count). The first-order valence-electron chi connectivity index (χ1n) is 22.4. The molecule has 7 heterocycles. The number of aryl methyl sites for hydroxylation is 2. The van der Waals surface area contributed by atoms with Crippen molar-refractivity contribution in [3.05, 3.63) is 58.6 Å². The maximum atomic E-state index is 14.7. The van der Waals surface area contributed by atoms with Crippen LogP contribution in [0.2, 0.25) is 0 Å². The van der Waals surface area contributed by atoms with E-state index in [1.165, 1.54) is 16.2 Å². The monoisotopic (exact) mass is 881 g/mol. The number of esters is 1. The fraction of sp³-hybridized carbons (Fsp3) is 0.591. The van der Waals surface area contributed by atoms with Gasteiger partial charge in [0, 0.05) is 54.5 Å². The molecule has 3 saturated heterocycles. The maximum absolute atomic E-state index is 14.7. The van der Waals surface area contributed by atoms with E-state index >= 15 is 0 Å². The number of aromatic nitrogens is 7. The van der Waals surface area contributed by atoms with Crippen LogP contribution >= 0.6 is 11.3 Å². The van der Waals surface area contributed by atoms with Crippen molar-refractivity contribution in [1.82, 2.24) is 44.5 Å². The van der Waals surface area contributed by atoms with E-state index in [0.29, 0.717) is 113 Å². The Morgan fingerprint density at radius 2 is 1.71 bits per heavy atom. The zero-order valence-electron chi connectivity index (χ0n) is 36.7. The van der Waals surface area contributed by atoms with E-state index < -0.39 is 35.2 Å². The number of nitrogens with zero attached hydrogens (tertiary/aromatic N) is 10. The number of likely N-dealkylation sites (tertiary alicyclic amines) is 1. The molecular weight excluding hydrogens is 823 g/mol. The van der Waals surface area contributed by atoms with Crippen LogP contribution in [0.5, 0.6) is 0 Å². The van der Waals surface area contributed by atoms with Crippen LogP contribution in [0.15, 0.2) is 36.7 Å². The van der Waals surface area contributed by atoms with Crippen LogP contribution in [-0.2, 0) is 49.8 Å². The lowest BCUT2D eigenvalue weighted by Crippen LogP contribution is -2.56. The fourth-order valence-electron chi connectivity index (χ4n) is 9.25. The number of benzene rings is 1. The van der Waals surface area contributed by atoms with Crippen molar-refractivity contribution in [3.8, 4) is 0 Å². The Bertz CT molecular complexity index is 2270. The van der Waals surface area contributed by atoms with Crippen LogP contribution < -0.4 is 21.3 Å². The molecule has 4 aromatic rings. The van der Waals surface area contributed by atoms with E-state index in [4.69, 9.17) is 25.4 Å². The third-order valence-corrected chi connectivity index (χ3v) is 14.2. The van der Waals surface area contributed by atoms with E-state index in [9.17, 15) is 19.2 Å². The van der Waals surface area contributed by atoms with Gasteiger partial charge in [-0.25, -0.2) is 19.4 Å². The van der Waals surface area contributed by atoms with Gasteiger partial charge in [-0.1, -0.05) is 51.1 Å². The molecule has 3 aromatic heterocycles. The summed E-state index contributed by atoms with van der Waals surface area (Å²) < 4.78 is 8.10. The summed E-state index contributed by atoms with van der Waals surface area (Å²) in [6.07, 6.45) is 7.27. The zero-order chi connectivity index (χ0) is 44.3. The number of Topliss-reactive ketones (excluding diaryl/α,β-unsaturated/α-hetero) is 1. The van der Waals surface area contributed by atoms with Gasteiger partial charge in [0.25, 0.3) is 11.8 Å². The van der Waals surface area contributed by atoms with Crippen LogP contribution in [0.1, 0.15) is 101 Å². The number of carbonyl (C=O) groups excluding carboxylic acids is 4. The Labute approximate surface area is 371 Å². The van der Waals surface area contributed by atoms with Gasteiger partial charge < -0.3 is 35.8 Å². The Hall–Kier alpha value is -5.72. The third kappa shape index (κ3) is 9.92. The number of anilines is 4. The number of rotatable bonds is 16. The first-order valence-corrected chi connectivity index (χ1v) is 23.2. The number of nitrogens with two attached hydrogens (primary N) is 1. The second kappa shape index (κ2) is 18.9. The summed E-state index contributed by atoms with van der Waals surface area (Å²) in [5, 5.41) is 11.9. The van der Waals surface area contributed by atoms with E-state index in [-0.39, 0.29) is 24.0 Å². The molecule has 4 N–H and O–H groups in total. The number of piperidine rings is 2. The molecule has 1 unspecified atom stereocenters. The smallest absolute Gasteiger partial charge is 0.329 e. The third-order valence-electron chi connectivity index (χ3n) is 13.2. The molecule has 19 heteroatoms. The van der Waals surface area contributed by atoms with Crippen LogP contribution in [-0.4, -0.2) is 118 Å². The van der Waals surface area contributed by atoms with Crippen molar-refractivity contribution in [2.45, 2.75) is 142 Å². The molecule has 0 spiro atoms. The average Bonchev–Trinajstić information content (AvgIpc) is 3.97. The molecular formula is C44H59N13O5S. The molecule has 3 fully saturated rings. The normalized spacial score (nSPS) is 21.4. The van der Waals surface area contributed by atoms with Gasteiger partial charge in [0.1, 0.15) is 18.2 Å². The van der Waals surface area contributed by atoms with E-state index in [0.717, 1.165) is 34.8 Å². The Morgan fingerprint density at radius 1 is 0.952 bits per heavy atom. The zero-order valence-corrected chi connectivity index (χ0v) is 37.5. The van der Waals surface area contributed by atoms with Crippen molar-refractivity contribution in [1.29, 1.82) is 0 Å². The first-order chi connectivity index (χ1) is 30.4. The summed E-state index contributed by atoms with van der Waals surface area (Å²) in [6.45, 7) is 10.0. The predicted molar refractivity (Wildman–Crippen MR) is 238 cm³/mol. The summed E-state index contributed by atoms with van der Waals surface area (Å²) in [6, 6.07) is 8.70. The molecule has 2 amide bonds. The van der Waals surface area contributed by atoms with Crippen molar-refractivity contribution >= 4 is 57.9 Å². The van der Waals surface area contributed by atoms with Gasteiger partial charge in [-0.05, 0) is 76.7 Å². The fourth-order valence-corrected chi connectivity index (χ4v) is 10.1. The molecule has 0 saturated carbocycles. The number of fused-ring (bicyclic) bond motifs is 3. The summed E-state index contributed by atoms with van der Waals surface area (Å²) in [5.74, 6) is 0.231. The number of ether oxygens (including phenoxy) is 1. The van der Waals surface area contributed by atoms with Crippen molar-refractivity contribution in [2.24, 2.45) is 5.41 Å². The molecule has 4 aliphatic rings. The molecule has 18 nitrogen and oxygen atoms in total. The Morgan fingerprint density at radius 3 is 2.44 bits per heavy atom. The van der Waals surface area contributed by atoms with E-state index in [1.54, 1.807) is 20.2 Å². The van der Waals surface area contributed by atoms with Gasteiger partial charge in [0.2, 0.25) is 23.6 Å². The summed E-state index contributed by atoms with van der Waals surface area (Å²) in [5.41, 5.74) is 7.04. The number of amides is 2. The van der Waals surface area contributed by atoms with Gasteiger partial charge in [0.15, 0.2) is 11.2 Å². The summed E-state index contributed by atoms with van der Waals surface area (Å²) in [4.78, 5) is 85.5. The van der Waals surface area contributed by atoms with Crippen LogP contribution in [0.3, 0.4) is 0 Å². The predicted octanol–water partition coefficient (Wildman–Crippen LogP) is 4.35. The van der Waals surface area contributed by atoms with Gasteiger partial charge in [-0.2, -0.15) is 20.1 Å². The topological polar surface area (TPSA) is 220 Å². The summed E-state index contributed by atoms with van der Waals surface area (Å²) in [7, 11) is 0. The average molecular weight is 882 g/mol. The number of ketones is 1. The highest BCUT2D eigenvalue weighted by molar-refractivity contribution is 7.15. The quantitative estimate of drug-likeness (QED) is 0.105. The number of hydrogen-bond acceptors (Lipinski definition) is 16. The van der Waals surface area contributed by atoms with E-state index in [1.807, 2.05) is 53.8 Å². The Balaban J connectivity index is 0.974. The van der Waals surface area contributed by atoms with Gasteiger partial charge in [-0.15, -0.1) is 11.3 Å². The molecule has 336 valence electrons. The first kappa shape index (κ1) is 43.9. The molecule has 0 radical (unpaired) electrons. The molecule has 0 aliphatic carbocycles. The number of thiazole rings is 1.